The first-order valence-corrected chi connectivity index (χ1v) is 9.70. The zero-order valence-electron chi connectivity index (χ0n) is 16.1. The van der Waals surface area contributed by atoms with Crippen LogP contribution in [-0.2, 0) is 6.42 Å². The monoisotopic (exact) mass is 387 g/mol. The summed E-state index contributed by atoms with van der Waals surface area (Å²) in [5, 5.41) is 15.7. The van der Waals surface area contributed by atoms with Crippen molar-refractivity contribution in [3.05, 3.63) is 66.2 Å². The number of β-amino-alcohol motifs (C(OH)–C–C–N with tert-alkyl or cyclic N) is 1. The Morgan fingerprint density at radius 2 is 1.97 bits per heavy atom. The molecular formula is C22H21N5O2. The molecule has 0 unspecified atom stereocenters. The molecule has 5 rings (SSSR count). The Balaban J connectivity index is 1.37. The average Bonchev–Trinajstić information content (AvgIpc) is 3.34. The van der Waals surface area contributed by atoms with Gasteiger partial charge in [0.05, 0.1) is 11.6 Å². The van der Waals surface area contributed by atoms with E-state index in [1.807, 2.05) is 36.5 Å². The van der Waals surface area contributed by atoms with Gasteiger partial charge in [0.1, 0.15) is 5.82 Å². The Hall–Kier alpha value is -3.32. The first-order valence-electron chi connectivity index (χ1n) is 9.70. The fourth-order valence-electron chi connectivity index (χ4n) is 4.00. The molecule has 1 aromatic carbocycles. The molecule has 1 saturated heterocycles. The summed E-state index contributed by atoms with van der Waals surface area (Å²) in [5.41, 5.74) is 3.02. The molecule has 0 radical (unpaired) electrons. The number of pyridine rings is 2. The molecule has 7 heteroatoms. The highest BCUT2D eigenvalue weighted by Gasteiger charge is 2.32. The third-order valence-corrected chi connectivity index (χ3v) is 5.47. The quantitative estimate of drug-likeness (QED) is 0.576. The van der Waals surface area contributed by atoms with Crippen LogP contribution in [-0.4, -0.2) is 44.4 Å². The van der Waals surface area contributed by atoms with Crippen LogP contribution in [0, 0.1) is 12.8 Å². The van der Waals surface area contributed by atoms with Crippen molar-refractivity contribution >= 4 is 16.7 Å². The minimum Gasteiger partial charge on any atom is -0.391 e. The molecule has 0 amide bonds. The molecule has 1 N–H and O–H groups in total. The van der Waals surface area contributed by atoms with Gasteiger partial charge in [-0.1, -0.05) is 23.4 Å². The van der Waals surface area contributed by atoms with Crippen molar-refractivity contribution < 1.29 is 9.63 Å². The molecule has 3 aromatic heterocycles. The number of para-hydroxylation sites is 1. The molecule has 146 valence electrons. The lowest BCUT2D eigenvalue weighted by atomic mass is 9.94. The molecule has 29 heavy (non-hydrogen) atoms. The highest BCUT2D eigenvalue weighted by Crippen LogP contribution is 2.29. The van der Waals surface area contributed by atoms with Gasteiger partial charge in [0.25, 0.3) is 5.89 Å². The summed E-state index contributed by atoms with van der Waals surface area (Å²) in [7, 11) is 0. The Morgan fingerprint density at radius 1 is 1.10 bits per heavy atom. The van der Waals surface area contributed by atoms with Gasteiger partial charge in [-0.05, 0) is 43.2 Å². The van der Waals surface area contributed by atoms with E-state index in [1.54, 1.807) is 13.1 Å². The minimum absolute atomic E-state index is 0.122. The number of anilines is 1. The number of aromatic nitrogens is 4. The van der Waals surface area contributed by atoms with E-state index in [0.29, 0.717) is 18.3 Å². The van der Waals surface area contributed by atoms with Crippen LogP contribution in [0.1, 0.15) is 11.4 Å². The fraction of sp³-hybridized carbons (Fsp3) is 0.273. The minimum atomic E-state index is -0.418. The first-order chi connectivity index (χ1) is 14.2. The summed E-state index contributed by atoms with van der Waals surface area (Å²) < 4.78 is 5.27. The summed E-state index contributed by atoms with van der Waals surface area (Å²) in [5.74, 6) is 2.00. The molecule has 0 spiro atoms. The largest absolute Gasteiger partial charge is 0.391 e. The van der Waals surface area contributed by atoms with Crippen LogP contribution in [0.15, 0.2) is 59.4 Å². The van der Waals surface area contributed by atoms with E-state index in [9.17, 15) is 5.11 Å². The molecule has 0 aliphatic carbocycles. The molecule has 1 aliphatic heterocycles. The van der Waals surface area contributed by atoms with Gasteiger partial charge in [0.15, 0.2) is 5.82 Å². The topological polar surface area (TPSA) is 88.2 Å². The summed E-state index contributed by atoms with van der Waals surface area (Å²) >= 11 is 0. The van der Waals surface area contributed by atoms with Crippen LogP contribution in [0.25, 0.3) is 22.4 Å². The Labute approximate surface area is 168 Å². The fourth-order valence-corrected chi connectivity index (χ4v) is 4.00. The Morgan fingerprint density at radius 3 is 2.83 bits per heavy atom. The lowest BCUT2D eigenvalue weighted by Gasteiger charge is -2.17. The number of aliphatic hydroxyl groups is 1. The molecule has 1 fully saturated rings. The normalized spacial score (nSPS) is 19.2. The second-order valence-electron chi connectivity index (χ2n) is 7.47. The van der Waals surface area contributed by atoms with Gasteiger partial charge < -0.3 is 14.5 Å². The van der Waals surface area contributed by atoms with Gasteiger partial charge >= 0.3 is 0 Å². The van der Waals surface area contributed by atoms with Gasteiger partial charge in [0.2, 0.25) is 0 Å². The van der Waals surface area contributed by atoms with Crippen molar-refractivity contribution in [2.24, 2.45) is 5.92 Å². The summed E-state index contributed by atoms with van der Waals surface area (Å²) in [4.78, 5) is 15.3. The molecule has 4 heterocycles. The van der Waals surface area contributed by atoms with Crippen LogP contribution in [0.2, 0.25) is 0 Å². The maximum atomic E-state index is 10.7. The number of hydrogen-bond donors (Lipinski definition) is 1. The highest BCUT2D eigenvalue weighted by molar-refractivity contribution is 5.81. The van der Waals surface area contributed by atoms with E-state index >= 15 is 0 Å². The summed E-state index contributed by atoms with van der Waals surface area (Å²) in [6.07, 6.45) is 3.95. The van der Waals surface area contributed by atoms with Gasteiger partial charge in [0, 0.05) is 42.4 Å². The maximum absolute atomic E-state index is 10.7. The first kappa shape index (κ1) is 17.8. The van der Waals surface area contributed by atoms with Crippen LogP contribution >= 0.6 is 0 Å². The second kappa shape index (κ2) is 7.25. The molecule has 1 aliphatic rings. The third kappa shape index (κ3) is 3.45. The standard InChI is InChI=1S/C22H21N5O2/c1-14-25-22(29-26-14)16-7-9-24-21(11-16)27-12-17(20(28)13-27)10-15-6-8-23-19-5-3-2-4-18(15)19/h2-9,11,17,20,28H,10,12-13H2,1H3/t17-,20-/m1/s1. The molecule has 7 nitrogen and oxygen atoms in total. The van der Waals surface area contributed by atoms with Crippen molar-refractivity contribution in [2.75, 3.05) is 18.0 Å². The number of nitrogens with zero attached hydrogens (tertiary/aromatic N) is 5. The Bertz CT molecular complexity index is 1150. The lowest BCUT2D eigenvalue weighted by molar-refractivity contribution is 0.148. The SMILES string of the molecule is Cc1noc(-c2ccnc(N3C[C@@H](Cc4ccnc5ccccc45)[C@H](O)C3)c2)n1. The highest BCUT2D eigenvalue weighted by atomic mass is 16.5. The number of fused-ring (bicyclic) bond motifs is 1. The van der Waals surface area contributed by atoms with Crippen LogP contribution in [0.5, 0.6) is 0 Å². The average molecular weight is 387 g/mol. The van der Waals surface area contributed by atoms with E-state index in [4.69, 9.17) is 4.52 Å². The van der Waals surface area contributed by atoms with Crippen LogP contribution in [0.3, 0.4) is 0 Å². The van der Waals surface area contributed by atoms with Crippen LogP contribution in [0.4, 0.5) is 5.82 Å². The number of hydrogen-bond acceptors (Lipinski definition) is 7. The van der Waals surface area contributed by atoms with Gasteiger partial charge in [-0.3, -0.25) is 4.98 Å². The van der Waals surface area contributed by atoms with Crippen molar-refractivity contribution in [1.29, 1.82) is 0 Å². The van der Waals surface area contributed by atoms with Gasteiger partial charge in [-0.2, -0.15) is 4.98 Å². The number of aliphatic hydroxyl groups excluding tert-OH is 1. The number of benzene rings is 1. The van der Waals surface area contributed by atoms with E-state index in [-0.39, 0.29) is 5.92 Å². The zero-order chi connectivity index (χ0) is 19.8. The van der Waals surface area contributed by atoms with E-state index in [2.05, 4.69) is 37.1 Å². The van der Waals surface area contributed by atoms with Crippen molar-refractivity contribution in [2.45, 2.75) is 19.4 Å². The zero-order valence-corrected chi connectivity index (χ0v) is 16.1. The molecule has 4 aromatic rings. The van der Waals surface area contributed by atoms with E-state index in [0.717, 1.165) is 35.2 Å². The van der Waals surface area contributed by atoms with Crippen molar-refractivity contribution in [1.82, 2.24) is 20.1 Å². The van der Waals surface area contributed by atoms with Crippen molar-refractivity contribution in [3.63, 3.8) is 0 Å². The van der Waals surface area contributed by atoms with E-state index < -0.39 is 6.10 Å². The smallest absolute Gasteiger partial charge is 0.258 e. The maximum Gasteiger partial charge on any atom is 0.258 e. The van der Waals surface area contributed by atoms with Crippen molar-refractivity contribution in [3.8, 4) is 11.5 Å². The van der Waals surface area contributed by atoms with Gasteiger partial charge in [-0.15, -0.1) is 0 Å². The summed E-state index contributed by atoms with van der Waals surface area (Å²) in [6, 6.07) is 14.0. The number of aryl methyl sites for hydroxylation is 1. The molecular weight excluding hydrogens is 366 g/mol. The lowest BCUT2D eigenvalue weighted by Crippen LogP contribution is -2.22. The predicted octanol–water partition coefficient (Wildman–Crippen LogP) is 3.03. The number of rotatable bonds is 4. The third-order valence-electron chi connectivity index (χ3n) is 5.47. The molecule has 0 saturated carbocycles. The second-order valence-corrected chi connectivity index (χ2v) is 7.47. The van der Waals surface area contributed by atoms with E-state index in [1.165, 1.54) is 5.56 Å². The van der Waals surface area contributed by atoms with Crippen LogP contribution < -0.4 is 4.90 Å². The molecule has 0 bridgehead atoms. The Kier molecular flexibility index (Phi) is 4.44. The summed E-state index contributed by atoms with van der Waals surface area (Å²) in [6.45, 7) is 3.07. The molecule has 2 atom stereocenters. The predicted molar refractivity (Wildman–Crippen MR) is 109 cm³/mol. The van der Waals surface area contributed by atoms with Gasteiger partial charge in [-0.25, -0.2) is 4.98 Å².